The Morgan fingerprint density at radius 3 is 2.66 bits per heavy atom. The second kappa shape index (κ2) is 9.91. The van der Waals surface area contributed by atoms with Crippen LogP contribution in [0.15, 0.2) is 65.8 Å². The number of rotatable bonds is 9. The van der Waals surface area contributed by atoms with Crippen molar-refractivity contribution in [3.8, 4) is 11.6 Å². The van der Waals surface area contributed by atoms with E-state index in [1.165, 1.54) is 17.1 Å². The molecule has 8 nitrogen and oxygen atoms in total. The molecule has 8 heteroatoms. The number of nitrogens with one attached hydrogen (secondary N) is 1. The topological polar surface area (TPSA) is 91.2 Å². The van der Waals surface area contributed by atoms with E-state index >= 15 is 0 Å². The highest BCUT2D eigenvalue weighted by Gasteiger charge is 2.14. The van der Waals surface area contributed by atoms with Crippen LogP contribution in [0.1, 0.15) is 31.0 Å². The highest BCUT2D eigenvalue weighted by Crippen LogP contribution is 2.23. The van der Waals surface area contributed by atoms with Crippen LogP contribution in [0.5, 0.6) is 11.6 Å². The third kappa shape index (κ3) is 4.85. The van der Waals surface area contributed by atoms with Gasteiger partial charge in [0, 0.05) is 24.9 Å². The Hall–Kier alpha value is -3.94. The minimum Gasteiger partial charge on any atom is -0.439 e. The third-order valence-electron chi connectivity index (χ3n) is 4.91. The molecule has 1 aromatic carbocycles. The fraction of sp³-hybridized carbons (Fsp3) is 0.250. The van der Waals surface area contributed by atoms with Crippen LogP contribution in [0, 0.1) is 6.92 Å². The average Bonchev–Trinajstić information content (AvgIpc) is 2.81. The molecule has 0 atom stereocenters. The van der Waals surface area contributed by atoms with E-state index in [0.717, 1.165) is 35.2 Å². The maximum absolute atomic E-state index is 12.7. The van der Waals surface area contributed by atoms with E-state index in [4.69, 9.17) is 9.57 Å². The molecular formula is C24H25N5O3. The van der Waals surface area contributed by atoms with Crippen LogP contribution in [0.3, 0.4) is 0 Å². The molecule has 0 saturated heterocycles. The lowest BCUT2D eigenvalue weighted by Gasteiger charge is -2.15. The van der Waals surface area contributed by atoms with E-state index in [1.54, 1.807) is 6.20 Å². The second-order valence-electron chi connectivity index (χ2n) is 7.31. The van der Waals surface area contributed by atoms with Crippen molar-refractivity contribution in [2.75, 3.05) is 11.9 Å². The van der Waals surface area contributed by atoms with Crippen molar-refractivity contribution in [2.45, 2.75) is 33.2 Å². The Labute approximate surface area is 185 Å². The fourth-order valence-corrected chi connectivity index (χ4v) is 3.24. The Bertz CT molecular complexity index is 1240. The molecule has 4 aromatic rings. The quantitative estimate of drug-likeness (QED) is 0.399. The van der Waals surface area contributed by atoms with E-state index in [9.17, 15) is 4.79 Å². The number of ether oxygens (including phenoxy) is 1. The van der Waals surface area contributed by atoms with Crippen LogP contribution in [-0.2, 0) is 6.54 Å². The Balaban J connectivity index is 1.53. The molecule has 0 aliphatic heterocycles. The predicted molar refractivity (Wildman–Crippen MR) is 123 cm³/mol. The molecule has 0 radical (unpaired) electrons. The first-order chi connectivity index (χ1) is 15.7. The number of hydrogen-bond acceptors (Lipinski definition) is 7. The molecule has 164 valence electrons. The number of nitrogens with zero attached hydrogens (tertiary/aromatic N) is 4. The number of pyridine rings is 2. The van der Waals surface area contributed by atoms with Crippen molar-refractivity contribution in [3.05, 3.63) is 82.7 Å². The monoisotopic (exact) mass is 431 g/mol. The number of fused-ring (bicyclic) bond motifs is 1. The van der Waals surface area contributed by atoms with Gasteiger partial charge in [0.1, 0.15) is 18.7 Å². The number of aryl methyl sites for hydroxylation is 1. The van der Waals surface area contributed by atoms with E-state index in [-0.39, 0.29) is 5.56 Å². The van der Waals surface area contributed by atoms with Crippen molar-refractivity contribution in [1.29, 1.82) is 0 Å². The van der Waals surface area contributed by atoms with E-state index in [1.807, 2.05) is 49.4 Å². The van der Waals surface area contributed by atoms with E-state index in [2.05, 4.69) is 27.2 Å². The lowest BCUT2D eigenvalue weighted by atomic mass is 10.2. The normalized spacial score (nSPS) is 10.8. The molecule has 0 fully saturated rings. The second-order valence-corrected chi connectivity index (χ2v) is 7.31. The molecule has 4 rings (SSSR count). The van der Waals surface area contributed by atoms with Crippen molar-refractivity contribution in [1.82, 2.24) is 19.7 Å². The van der Waals surface area contributed by atoms with Crippen molar-refractivity contribution < 1.29 is 9.57 Å². The smallest absolute Gasteiger partial charge is 0.287 e. The average molecular weight is 431 g/mol. The summed E-state index contributed by atoms with van der Waals surface area (Å²) in [7, 11) is 0. The zero-order valence-electron chi connectivity index (χ0n) is 18.1. The van der Waals surface area contributed by atoms with Crippen molar-refractivity contribution >= 4 is 16.7 Å². The van der Waals surface area contributed by atoms with Gasteiger partial charge in [-0.3, -0.25) is 4.79 Å². The zero-order valence-corrected chi connectivity index (χ0v) is 18.1. The van der Waals surface area contributed by atoms with Gasteiger partial charge in [0.2, 0.25) is 5.88 Å². The molecule has 0 spiro atoms. The summed E-state index contributed by atoms with van der Waals surface area (Å²) in [5.41, 5.74) is 2.53. The molecule has 0 aliphatic rings. The molecule has 0 bridgehead atoms. The first kappa shape index (κ1) is 21.3. The maximum Gasteiger partial charge on any atom is 0.287 e. The summed E-state index contributed by atoms with van der Waals surface area (Å²) in [6, 6.07) is 14.8. The van der Waals surface area contributed by atoms with Crippen LogP contribution >= 0.6 is 0 Å². The lowest BCUT2D eigenvalue weighted by molar-refractivity contribution is 0.108. The van der Waals surface area contributed by atoms with Gasteiger partial charge >= 0.3 is 0 Å². The van der Waals surface area contributed by atoms with Crippen LogP contribution in [-0.4, -0.2) is 26.3 Å². The molecule has 1 N–H and O–H groups in total. The van der Waals surface area contributed by atoms with Crippen molar-refractivity contribution in [3.63, 3.8) is 0 Å². The highest BCUT2D eigenvalue weighted by molar-refractivity contribution is 5.90. The van der Waals surface area contributed by atoms with Crippen LogP contribution < -0.4 is 20.5 Å². The minimum atomic E-state index is -0.279. The number of benzene rings is 1. The fourth-order valence-electron chi connectivity index (χ4n) is 3.24. The van der Waals surface area contributed by atoms with Crippen LogP contribution in [0.25, 0.3) is 11.0 Å². The highest BCUT2D eigenvalue weighted by atomic mass is 16.7. The summed E-state index contributed by atoms with van der Waals surface area (Å²) < 4.78 is 6.98. The Morgan fingerprint density at radius 2 is 1.91 bits per heavy atom. The first-order valence-electron chi connectivity index (χ1n) is 10.6. The van der Waals surface area contributed by atoms with Crippen LogP contribution in [0.4, 0.5) is 5.69 Å². The molecule has 0 amide bonds. The number of anilines is 1. The first-order valence-corrected chi connectivity index (χ1v) is 10.6. The van der Waals surface area contributed by atoms with E-state index in [0.29, 0.717) is 30.4 Å². The molecule has 0 unspecified atom stereocenters. The Kier molecular flexibility index (Phi) is 6.60. The molecule has 3 heterocycles. The maximum atomic E-state index is 12.7. The van der Waals surface area contributed by atoms with Gasteiger partial charge in [0.25, 0.3) is 5.56 Å². The number of aromatic nitrogens is 4. The zero-order chi connectivity index (χ0) is 22.3. The molecule has 0 aliphatic carbocycles. The summed E-state index contributed by atoms with van der Waals surface area (Å²) in [6.45, 7) is 4.87. The molecular weight excluding hydrogens is 406 g/mol. The van der Waals surface area contributed by atoms with E-state index < -0.39 is 0 Å². The van der Waals surface area contributed by atoms with Gasteiger partial charge in [0.15, 0.2) is 5.65 Å². The van der Waals surface area contributed by atoms with Crippen molar-refractivity contribution in [2.24, 2.45) is 0 Å². The Morgan fingerprint density at radius 1 is 1.06 bits per heavy atom. The van der Waals surface area contributed by atoms with Crippen LogP contribution in [0.2, 0.25) is 0 Å². The summed E-state index contributed by atoms with van der Waals surface area (Å²) in [6.07, 6.45) is 5.01. The SMILES string of the molecule is CCCCOn1c(=O)cc(NCc2ccc(Oc3ccccc3)nc2)c2c(C)ncnc21. The standard InChI is InChI=1S/C24H25N5O3/c1-3-4-12-31-29-22(30)13-20(23-17(2)27-16-28-24(23)29)25-14-18-10-11-21(26-15-18)32-19-8-6-5-7-9-19/h5-11,13,15-16,25H,3-4,12,14H2,1-2H3. The third-order valence-corrected chi connectivity index (χ3v) is 4.91. The lowest BCUT2D eigenvalue weighted by Crippen LogP contribution is -2.29. The van der Waals surface area contributed by atoms with Gasteiger partial charge in [-0.25, -0.2) is 15.0 Å². The summed E-state index contributed by atoms with van der Waals surface area (Å²) in [5.74, 6) is 1.25. The van der Waals surface area contributed by atoms with Gasteiger partial charge in [-0.1, -0.05) is 37.6 Å². The molecule has 0 saturated carbocycles. The summed E-state index contributed by atoms with van der Waals surface area (Å²) in [4.78, 5) is 31.3. The van der Waals surface area contributed by atoms with Gasteiger partial charge in [-0.15, -0.1) is 4.73 Å². The molecule has 3 aromatic heterocycles. The number of hydrogen-bond donors (Lipinski definition) is 1. The summed E-state index contributed by atoms with van der Waals surface area (Å²) >= 11 is 0. The predicted octanol–water partition coefficient (Wildman–Crippen LogP) is 4.13. The van der Waals surface area contributed by atoms with Gasteiger partial charge in [0.05, 0.1) is 16.8 Å². The summed E-state index contributed by atoms with van der Waals surface area (Å²) in [5, 5.41) is 4.07. The number of unbranched alkanes of at least 4 members (excludes halogenated alkanes) is 1. The minimum absolute atomic E-state index is 0.279. The largest absolute Gasteiger partial charge is 0.439 e. The number of para-hydroxylation sites is 1. The molecule has 32 heavy (non-hydrogen) atoms. The van der Waals surface area contributed by atoms with Gasteiger partial charge in [-0.05, 0) is 31.0 Å². The van der Waals surface area contributed by atoms with Gasteiger partial charge in [-0.2, -0.15) is 0 Å². The van der Waals surface area contributed by atoms with Gasteiger partial charge < -0.3 is 14.9 Å².